The lowest BCUT2D eigenvalue weighted by Crippen LogP contribution is -2.57. The van der Waals surface area contributed by atoms with E-state index in [4.69, 9.17) is 26.8 Å². The first-order valence-electron chi connectivity index (χ1n) is 13.6. The molecular formula is C27H42ClN5O4. The predicted octanol–water partition coefficient (Wildman–Crippen LogP) is 2.52. The van der Waals surface area contributed by atoms with Crippen molar-refractivity contribution in [1.29, 1.82) is 0 Å². The number of amides is 2. The number of nitrogens with one attached hydrogen (secondary N) is 2. The van der Waals surface area contributed by atoms with Gasteiger partial charge in [-0.15, -0.1) is 0 Å². The molecule has 4 fully saturated rings. The van der Waals surface area contributed by atoms with Gasteiger partial charge in [-0.1, -0.05) is 18.0 Å². The number of fused-ring (bicyclic) bond motifs is 3. The average molecular weight is 536 g/mol. The van der Waals surface area contributed by atoms with E-state index >= 15 is 0 Å². The predicted molar refractivity (Wildman–Crippen MR) is 145 cm³/mol. The Bertz CT molecular complexity index is 940. The first kappa shape index (κ1) is 28.0. The second-order valence-corrected chi connectivity index (χ2v) is 11.0. The highest BCUT2D eigenvalue weighted by atomic mass is 35.5. The summed E-state index contributed by atoms with van der Waals surface area (Å²) in [6.45, 7) is 6.00. The van der Waals surface area contributed by atoms with Crippen LogP contribution in [0, 0.1) is 5.92 Å². The maximum Gasteiger partial charge on any atom is 0.255 e. The van der Waals surface area contributed by atoms with E-state index in [1.807, 2.05) is 0 Å². The molecule has 206 valence electrons. The second-order valence-electron chi connectivity index (χ2n) is 10.6. The number of carbonyl (C=O) groups excluding carboxylic acids is 2. The molecule has 4 N–H and O–H groups in total. The molecule has 0 aromatic heterocycles. The van der Waals surface area contributed by atoms with Gasteiger partial charge in [0.25, 0.3) is 5.91 Å². The van der Waals surface area contributed by atoms with Crippen LogP contribution in [0.2, 0.25) is 5.02 Å². The summed E-state index contributed by atoms with van der Waals surface area (Å²) in [6.07, 6.45) is 6.71. The summed E-state index contributed by atoms with van der Waals surface area (Å²) in [5.74, 6) is 1.01. The van der Waals surface area contributed by atoms with Crippen molar-refractivity contribution in [1.82, 2.24) is 20.4 Å². The Balaban J connectivity index is 1.15. The molecule has 2 bridgehead atoms. The highest BCUT2D eigenvalue weighted by Gasteiger charge is 2.35. The summed E-state index contributed by atoms with van der Waals surface area (Å²) in [4.78, 5) is 30.2. The Morgan fingerprint density at radius 3 is 2.49 bits per heavy atom. The van der Waals surface area contributed by atoms with Crippen LogP contribution in [0.5, 0.6) is 5.75 Å². The van der Waals surface area contributed by atoms with E-state index in [1.54, 1.807) is 19.2 Å². The molecule has 1 aromatic carbocycles. The van der Waals surface area contributed by atoms with Crippen molar-refractivity contribution in [2.75, 3.05) is 59.2 Å². The highest BCUT2D eigenvalue weighted by Crippen LogP contribution is 2.29. The summed E-state index contributed by atoms with van der Waals surface area (Å²) < 4.78 is 11.1. The molecule has 3 atom stereocenters. The fraction of sp³-hybridized carbons (Fsp3) is 0.704. The first-order valence-corrected chi connectivity index (χ1v) is 14.0. The average Bonchev–Trinajstić information content (AvgIpc) is 2.91. The lowest BCUT2D eigenvalue weighted by Gasteiger charge is -2.44. The topological polar surface area (TPSA) is 109 Å². The Morgan fingerprint density at radius 1 is 1.03 bits per heavy atom. The number of anilines is 1. The Kier molecular flexibility index (Phi) is 9.92. The van der Waals surface area contributed by atoms with Gasteiger partial charge in [0.1, 0.15) is 5.75 Å². The van der Waals surface area contributed by atoms with Gasteiger partial charge < -0.3 is 35.6 Å². The number of hydrogen-bond acceptors (Lipinski definition) is 7. The van der Waals surface area contributed by atoms with Crippen molar-refractivity contribution >= 4 is 29.1 Å². The molecular weight excluding hydrogens is 494 g/mol. The number of nitrogen functional groups attached to an aromatic ring is 1. The van der Waals surface area contributed by atoms with Crippen LogP contribution in [0.25, 0.3) is 0 Å². The number of hydrogen-bond donors (Lipinski definition) is 3. The fourth-order valence-electron chi connectivity index (χ4n) is 5.95. The summed E-state index contributed by atoms with van der Waals surface area (Å²) in [6, 6.07) is 3.35. The SMILES string of the molecule is COc1cc(N)c(Cl)cc1C(=O)NC1CCN(CCCCCC(=O)NC2CN3CCC2CC3)CC1OC. The summed E-state index contributed by atoms with van der Waals surface area (Å²) in [5, 5.41) is 6.70. The molecule has 9 nitrogen and oxygen atoms in total. The number of carbonyl (C=O) groups is 2. The molecule has 4 saturated heterocycles. The lowest BCUT2D eigenvalue weighted by molar-refractivity contribution is -0.123. The van der Waals surface area contributed by atoms with Crippen LogP contribution in [-0.2, 0) is 9.53 Å². The van der Waals surface area contributed by atoms with Gasteiger partial charge >= 0.3 is 0 Å². The van der Waals surface area contributed by atoms with E-state index < -0.39 is 0 Å². The van der Waals surface area contributed by atoms with Gasteiger partial charge in [-0.25, -0.2) is 0 Å². The van der Waals surface area contributed by atoms with Crippen molar-refractivity contribution in [2.24, 2.45) is 5.92 Å². The molecule has 4 aliphatic heterocycles. The van der Waals surface area contributed by atoms with Crippen LogP contribution >= 0.6 is 11.6 Å². The number of halogens is 1. The van der Waals surface area contributed by atoms with E-state index in [1.165, 1.54) is 33.0 Å². The number of ether oxygens (including phenoxy) is 2. The molecule has 5 rings (SSSR count). The molecule has 0 spiro atoms. The molecule has 0 saturated carbocycles. The summed E-state index contributed by atoms with van der Waals surface area (Å²) in [7, 11) is 3.18. The van der Waals surface area contributed by atoms with Crippen LogP contribution in [0.1, 0.15) is 55.3 Å². The molecule has 10 heteroatoms. The van der Waals surface area contributed by atoms with Crippen LogP contribution in [0.3, 0.4) is 0 Å². The fourth-order valence-corrected chi connectivity index (χ4v) is 6.12. The van der Waals surface area contributed by atoms with E-state index in [0.29, 0.717) is 40.4 Å². The zero-order valence-electron chi connectivity index (χ0n) is 22.1. The van der Waals surface area contributed by atoms with Gasteiger partial charge in [0.15, 0.2) is 0 Å². The summed E-state index contributed by atoms with van der Waals surface area (Å²) >= 11 is 6.13. The molecule has 4 heterocycles. The van der Waals surface area contributed by atoms with Crippen LogP contribution in [-0.4, -0.2) is 93.3 Å². The summed E-state index contributed by atoms with van der Waals surface area (Å²) in [5.41, 5.74) is 6.57. The van der Waals surface area contributed by atoms with E-state index in [2.05, 4.69) is 20.4 Å². The Labute approximate surface area is 225 Å². The van der Waals surface area contributed by atoms with Crippen LogP contribution in [0.15, 0.2) is 12.1 Å². The normalized spacial score (nSPS) is 27.6. The molecule has 4 aliphatic rings. The number of rotatable bonds is 11. The van der Waals surface area contributed by atoms with Crippen molar-refractivity contribution in [2.45, 2.75) is 63.1 Å². The number of unbranched alkanes of at least 4 members (excludes halogenated alkanes) is 2. The molecule has 3 unspecified atom stereocenters. The van der Waals surface area contributed by atoms with Gasteiger partial charge in [-0.05, 0) is 63.7 Å². The number of piperidine rings is 4. The quantitative estimate of drug-likeness (QED) is 0.295. The number of methoxy groups -OCH3 is 2. The molecule has 2 amide bonds. The van der Waals surface area contributed by atoms with Gasteiger partial charge in [0.2, 0.25) is 5.91 Å². The molecule has 37 heavy (non-hydrogen) atoms. The lowest BCUT2D eigenvalue weighted by atomic mass is 9.84. The van der Waals surface area contributed by atoms with Gasteiger partial charge in [-0.3, -0.25) is 9.59 Å². The van der Waals surface area contributed by atoms with Gasteiger partial charge in [0.05, 0.1) is 35.5 Å². The Morgan fingerprint density at radius 2 is 1.81 bits per heavy atom. The van der Waals surface area contributed by atoms with Crippen molar-refractivity contribution in [3.05, 3.63) is 22.7 Å². The van der Waals surface area contributed by atoms with E-state index in [9.17, 15) is 9.59 Å². The third-order valence-electron chi connectivity index (χ3n) is 8.21. The standard InChI is InChI=1S/C27H42ClN5O4/c1-36-24-15-21(29)20(28)14-19(24)27(35)31-22-9-13-32(17-25(22)37-2)10-5-3-4-6-26(34)30-23-16-33-11-7-18(23)8-12-33/h14-15,18,22-23,25H,3-13,16-17,29H2,1-2H3,(H,30,34)(H,31,35). The third kappa shape index (κ3) is 7.28. The van der Waals surface area contributed by atoms with Crippen molar-refractivity contribution in [3.8, 4) is 5.75 Å². The zero-order chi connectivity index (χ0) is 26.4. The van der Waals surface area contributed by atoms with Crippen molar-refractivity contribution in [3.63, 3.8) is 0 Å². The van der Waals surface area contributed by atoms with Crippen LogP contribution < -0.4 is 21.1 Å². The largest absolute Gasteiger partial charge is 0.496 e. The van der Waals surface area contributed by atoms with Gasteiger partial charge in [-0.2, -0.15) is 0 Å². The van der Waals surface area contributed by atoms with Crippen LogP contribution in [0.4, 0.5) is 5.69 Å². The molecule has 0 aliphatic carbocycles. The van der Waals surface area contributed by atoms with Gasteiger partial charge in [0, 0.05) is 45.3 Å². The minimum Gasteiger partial charge on any atom is -0.496 e. The zero-order valence-corrected chi connectivity index (χ0v) is 22.9. The minimum absolute atomic E-state index is 0.107. The molecule has 0 radical (unpaired) electrons. The monoisotopic (exact) mass is 535 g/mol. The minimum atomic E-state index is -0.254. The number of nitrogens with two attached hydrogens (primary N) is 1. The maximum absolute atomic E-state index is 13.0. The smallest absolute Gasteiger partial charge is 0.255 e. The van der Waals surface area contributed by atoms with E-state index in [0.717, 1.165) is 51.9 Å². The highest BCUT2D eigenvalue weighted by molar-refractivity contribution is 6.33. The number of benzene rings is 1. The number of nitrogens with zero attached hydrogens (tertiary/aromatic N) is 2. The number of likely N-dealkylation sites (tertiary alicyclic amines) is 1. The maximum atomic E-state index is 13.0. The molecule has 1 aromatic rings. The Hall–Kier alpha value is -2.07. The van der Waals surface area contributed by atoms with Crippen molar-refractivity contribution < 1.29 is 19.1 Å². The van der Waals surface area contributed by atoms with E-state index in [-0.39, 0.29) is 24.0 Å². The second kappa shape index (κ2) is 13.1. The first-order chi connectivity index (χ1) is 17.9. The third-order valence-corrected chi connectivity index (χ3v) is 8.53.